The summed E-state index contributed by atoms with van der Waals surface area (Å²) in [5, 5.41) is 2.79. The molecule has 2 atom stereocenters. The number of hydrogen-bond acceptors (Lipinski definition) is 4. The van der Waals surface area contributed by atoms with E-state index in [1.165, 1.54) is 19.3 Å². The molecule has 0 aromatic heterocycles. The first kappa shape index (κ1) is 16.8. The Morgan fingerprint density at radius 1 is 1.26 bits per heavy atom. The van der Waals surface area contributed by atoms with Crippen molar-refractivity contribution in [3.05, 3.63) is 12.2 Å². The summed E-state index contributed by atoms with van der Waals surface area (Å²) >= 11 is 0. The van der Waals surface area contributed by atoms with E-state index in [0.717, 1.165) is 31.8 Å². The molecule has 3 N–H and O–H groups in total. The second-order valence-electron chi connectivity index (χ2n) is 7.46. The fourth-order valence-corrected chi connectivity index (χ4v) is 5.08. The van der Waals surface area contributed by atoms with Crippen LogP contribution in [-0.4, -0.2) is 37.5 Å². The molecular weight excluding hydrogens is 292 g/mol. The van der Waals surface area contributed by atoms with Gasteiger partial charge in [0.1, 0.15) is 6.10 Å². The van der Waals surface area contributed by atoms with Crippen LogP contribution in [0.4, 0.5) is 4.79 Å². The maximum atomic E-state index is 12.0. The fourth-order valence-electron chi connectivity index (χ4n) is 5.08. The number of rotatable bonds is 7. The monoisotopic (exact) mass is 322 g/mol. The quantitative estimate of drug-likeness (QED) is 0.707. The molecule has 0 heterocycles. The van der Waals surface area contributed by atoms with Crippen molar-refractivity contribution >= 4 is 6.09 Å². The maximum Gasteiger partial charge on any atom is 0.407 e. The van der Waals surface area contributed by atoms with Gasteiger partial charge in [0.15, 0.2) is 0 Å². The van der Waals surface area contributed by atoms with Crippen molar-refractivity contribution in [2.75, 3.05) is 19.7 Å². The van der Waals surface area contributed by atoms with E-state index in [9.17, 15) is 4.79 Å². The number of nitrogens with two attached hydrogens (primary N) is 1. The van der Waals surface area contributed by atoms with E-state index in [1.807, 2.05) is 12.2 Å². The Labute approximate surface area is 139 Å². The second-order valence-corrected chi connectivity index (χ2v) is 7.46. The highest BCUT2D eigenvalue weighted by atomic mass is 16.6. The lowest BCUT2D eigenvalue weighted by molar-refractivity contribution is -0.200. The van der Waals surface area contributed by atoms with Crippen molar-refractivity contribution in [3.63, 3.8) is 0 Å². The molecule has 4 saturated carbocycles. The van der Waals surface area contributed by atoms with Crippen LogP contribution in [0.2, 0.25) is 0 Å². The zero-order valence-electron chi connectivity index (χ0n) is 14.1. The van der Waals surface area contributed by atoms with E-state index >= 15 is 0 Å². The zero-order chi connectivity index (χ0) is 16.3. The third-order valence-corrected chi connectivity index (χ3v) is 5.65. The normalized spacial score (nSPS) is 38.2. The summed E-state index contributed by atoms with van der Waals surface area (Å²) in [4.78, 5) is 12.0. The average molecular weight is 322 g/mol. The third-order valence-electron chi connectivity index (χ3n) is 5.65. The van der Waals surface area contributed by atoms with Crippen LogP contribution in [0, 0.1) is 17.8 Å². The SMILES string of the molecule is CCCOC12CC3CC(C1)C(OC(=O)NC/C=C/CN)C(C3)C2. The minimum Gasteiger partial charge on any atom is -0.446 e. The van der Waals surface area contributed by atoms with Crippen molar-refractivity contribution in [1.29, 1.82) is 0 Å². The van der Waals surface area contributed by atoms with Gasteiger partial charge in [0.25, 0.3) is 0 Å². The van der Waals surface area contributed by atoms with E-state index in [0.29, 0.717) is 24.9 Å². The molecule has 1 amide bonds. The van der Waals surface area contributed by atoms with Gasteiger partial charge in [-0.2, -0.15) is 0 Å². The molecule has 4 aliphatic rings. The summed E-state index contributed by atoms with van der Waals surface area (Å²) in [6, 6.07) is 0. The van der Waals surface area contributed by atoms with Gasteiger partial charge in [-0.3, -0.25) is 0 Å². The van der Waals surface area contributed by atoms with Crippen LogP contribution < -0.4 is 11.1 Å². The molecular formula is C18H30N2O3. The molecule has 0 spiro atoms. The zero-order valence-corrected chi connectivity index (χ0v) is 14.1. The van der Waals surface area contributed by atoms with Gasteiger partial charge in [0.05, 0.1) is 5.60 Å². The van der Waals surface area contributed by atoms with Crippen molar-refractivity contribution in [2.24, 2.45) is 23.5 Å². The van der Waals surface area contributed by atoms with E-state index in [-0.39, 0.29) is 17.8 Å². The lowest BCUT2D eigenvalue weighted by Gasteiger charge is -2.58. The first-order valence-electron chi connectivity index (χ1n) is 9.09. The Bertz CT molecular complexity index is 436. The molecule has 4 aliphatic carbocycles. The molecule has 0 saturated heterocycles. The Morgan fingerprint density at radius 3 is 2.65 bits per heavy atom. The minimum absolute atomic E-state index is 0.0726. The van der Waals surface area contributed by atoms with Gasteiger partial charge in [0.2, 0.25) is 0 Å². The third kappa shape index (κ3) is 3.72. The van der Waals surface area contributed by atoms with Gasteiger partial charge < -0.3 is 20.5 Å². The Balaban J connectivity index is 1.55. The molecule has 0 radical (unpaired) electrons. The summed E-state index contributed by atoms with van der Waals surface area (Å²) in [7, 11) is 0. The van der Waals surface area contributed by atoms with E-state index in [4.69, 9.17) is 15.2 Å². The van der Waals surface area contributed by atoms with Crippen LogP contribution in [0.1, 0.15) is 45.4 Å². The highest BCUT2D eigenvalue weighted by Gasteiger charge is 2.57. The van der Waals surface area contributed by atoms with Crippen LogP contribution in [0.5, 0.6) is 0 Å². The van der Waals surface area contributed by atoms with Gasteiger partial charge >= 0.3 is 6.09 Å². The van der Waals surface area contributed by atoms with Gasteiger partial charge in [-0.15, -0.1) is 0 Å². The van der Waals surface area contributed by atoms with Gasteiger partial charge in [-0.1, -0.05) is 19.1 Å². The van der Waals surface area contributed by atoms with Crippen molar-refractivity contribution in [1.82, 2.24) is 5.32 Å². The topological polar surface area (TPSA) is 73.6 Å². The summed E-state index contributed by atoms with van der Waals surface area (Å²) in [6.07, 6.45) is 10.2. The lowest BCUT2D eigenvalue weighted by Crippen LogP contribution is -2.59. The number of ether oxygens (including phenoxy) is 2. The van der Waals surface area contributed by atoms with Crippen molar-refractivity contribution in [2.45, 2.75) is 57.2 Å². The Hall–Kier alpha value is -1.07. The van der Waals surface area contributed by atoms with Gasteiger partial charge in [-0.05, 0) is 56.3 Å². The molecule has 0 aromatic carbocycles. The standard InChI is InChI=1S/C18H30N2O3/c1-2-7-22-18-10-13-8-14(11-18)16(15(9-13)12-18)23-17(21)20-6-4-3-5-19/h3-4,13-16H,2,5-12,19H2,1H3,(H,20,21)/b4-3+. The summed E-state index contributed by atoms with van der Waals surface area (Å²) in [5.41, 5.74) is 5.45. The molecule has 5 heteroatoms. The molecule has 4 rings (SSSR count). The summed E-state index contributed by atoms with van der Waals surface area (Å²) in [6.45, 7) is 3.98. The average Bonchev–Trinajstić information content (AvgIpc) is 2.52. The second kappa shape index (κ2) is 7.22. The number of alkyl carbamates (subject to hydrolysis) is 1. The molecule has 4 fully saturated rings. The molecule has 0 aliphatic heterocycles. The smallest absolute Gasteiger partial charge is 0.407 e. The van der Waals surface area contributed by atoms with E-state index < -0.39 is 0 Å². The van der Waals surface area contributed by atoms with Crippen LogP contribution in [-0.2, 0) is 9.47 Å². The summed E-state index contributed by atoms with van der Waals surface area (Å²) < 4.78 is 12.0. The number of hydrogen-bond donors (Lipinski definition) is 2. The van der Waals surface area contributed by atoms with Crippen LogP contribution >= 0.6 is 0 Å². The van der Waals surface area contributed by atoms with Crippen molar-refractivity contribution < 1.29 is 14.3 Å². The van der Waals surface area contributed by atoms with Gasteiger partial charge in [-0.25, -0.2) is 4.79 Å². The Kier molecular flexibility index (Phi) is 5.27. The molecule has 130 valence electrons. The first-order chi connectivity index (χ1) is 11.2. The largest absolute Gasteiger partial charge is 0.446 e. The molecule has 2 unspecified atom stereocenters. The molecule has 23 heavy (non-hydrogen) atoms. The van der Waals surface area contributed by atoms with Crippen LogP contribution in [0.3, 0.4) is 0 Å². The van der Waals surface area contributed by atoms with E-state index in [2.05, 4.69) is 12.2 Å². The number of nitrogens with one attached hydrogen (secondary N) is 1. The van der Waals surface area contributed by atoms with Gasteiger partial charge in [0, 0.05) is 19.7 Å². The maximum absolute atomic E-state index is 12.0. The number of carbonyl (C=O) groups excluding carboxylic acids is 1. The first-order valence-corrected chi connectivity index (χ1v) is 9.09. The minimum atomic E-state index is -0.298. The fraction of sp³-hybridized carbons (Fsp3) is 0.833. The highest BCUT2D eigenvalue weighted by Crippen LogP contribution is 2.58. The lowest BCUT2D eigenvalue weighted by atomic mass is 9.53. The van der Waals surface area contributed by atoms with Crippen LogP contribution in [0.15, 0.2) is 12.2 Å². The molecule has 4 bridgehead atoms. The van der Waals surface area contributed by atoms with Crippen LogP contribution in [0.25, 0.3) is 0 Å². The predicted molar refractivity (Wildman–Crippen MR) is 89.0 cm³/mol. The summed E-state index contributed by atoms with van der Waals surface area (Å²) in [5.74, 6) is 1.71. The predicted octanol–water partition coefficient (Wildman–Crippen LogP) is 2.60. The van der Waals surface area contributed by atoms with Crippen molar-refractivity contribution in [3.8, 4) is 0 Å². The Morgan fingerprint density at radius 2 is 2.00 bits per heavy atom. The number of carbonyl (C=O) groups is 1. The molecule has 0 aromatic rings. The molecule has 5 nitrogen and oxygen atoms in total. The highest BCUT2D eigenvalue weighted by molar-refractivity contribution is 5.67. The number of amides is 1. The van der Waals surface area contributed by atoms with E-state index in [1.54, 1.807) is 0 Å².